The molecule has 5 heteroatoms. The van der Waals surface area contributed by atoms with Crippen LogP contribution in [0.1, 0.15) is 6.42 Å². The van der Waals surface area contributed by atoms with Gasteiger partial charge in [-0.1, -0.05) is 11.6 Å². The Balaban J connectivity index is 2.00. The molecule has 88 valence electrons. The first kappa shape index (κ1) is 11.9. The fraction of sp³-hybridized carbons (Fsp3) is 0.455. The van der Waals surface area contributed by atoms with Gasteiger partial charge in [0.15, 0.2) is 0 Å². The van der Waals surface area contributed by atoms with Gasteiger partial charge in [-0.05, 0) is 29.9 Å². The Bertz CT molecular complexity index is 380. The summed E-state index contributed by atoms with van der Waals surface area (Å²) >= 11 is 7.68. The van der Waals surface area contributed by atoms with E-state index < -0.39 is 5.82 Å². The number of benzene rings is 1. The summed E-state index contributed by atoms with van der Waals surface area (Å²) in [5, 5.41) is 3.34. The first-order valence-corrected chi connectivity index (χ1v) is 6.76. The third-order valence-electron chi connectivity index (χ3n) is 2.70. The third-order valence-corrected chi connectivity index (χ3v) is 4.22. The van der Waals surface area contributed by atoms with Crippen molar-refractivity contribution in [2.75, 3.05) is 29.1 Å². The predicted octanol–water partition coefficient (Wildman–Crippen LogP) is 3.23. The predicted molar refractivity (Wildman–Crippen MR) is 69.7 cm³/mol. The van der Waals surface area contributed by atoms with Crippen LogP contribution in [0.25, 0.3) is 0 Å². The maximum Gasteiger partial charge on any atom is 0.143 e. The molecule has 16 heavy (non-hydrogen) atoms. The van der Waals surface area contributed by atoms with Crippen molar-refractivity contribution in [1.29, 1.82) is 0 Å². The van der Waals surface area contributed by atoms with Gasteiger partial charge in [0.2, 0.25) is 0 Å². The Morgan fingerprint density at radius 3 is 3.06 bits per heavy atom. The topological polar surface area (TPSA) is 38.0 Å². The molecule has 0 bridgehead atoms. The number of thioether (sulfide) groups is 1. The maximum atomic E-state index is 13.1. The minimum Gasteiger partial charge on any atom is -0.397 e. The van der Waals surface area contributed by atoms with Gasteiger partial charge in [0.05, 0.1) is 16.4 Å². The van der Waals surface area contributed by atoms with Gasteiger partial charge in [0, 0.05) is 12.6 Å². The van der Waals surface area contributed by atoms with Crippen LogP contribution in [0.2, 0.25) is 5.02 Å². The maximum absolute atomic E-state index is 13.1. The van der Waals surface area contributed by atoms with Crippen molar-refractivity contribution in [2.45, 2.75) is 6.42 Å². The van der Waals surface area contributed by atoms with E-state index in [1.165, 1.54) is 24.0 Å². The molecule has 0 spiro atoms. The molecule has 3 N–H and O–H groups in total. The van der Waals surface area contributed by atoms with Crippen molar-refractivity contribution >= 4 is 34.7 Å². The molecule has 0 radical (unpaired) electrons. The normalized spacial score (nSPS) is 20.0. The van der Waals surface area contributed by atoms with Crippen LogP contribution in [0.3, 0.4) is 0 Å². The SMILES string of the molecule is Nc1cc(F)c(Cl)cc1NCC1CCSC1. The number of hydrogen-bond donors (Lipinski definition) is 2. The van der Waals surface area contributed by atoms with Gasteiger partial charge in [-0.15, -0.1) is 0 Å². The number of nitrogens with two attached hydrogens (primary N) is 1. The van der Waals surface area contributed by atoms with Gasteiger partial charge in [-0.3, -0.25) is 0 Å². The molecule has 1 aliphatic rings. The zero-order chi connectivity index (χ0) is 11.5. The van der Waals surface area contributed by atoms with E-state index in [0.29, 0.717) is 11.6 Å². The molecule has 0 aliphatic carbocycles. The van der Waals surface area contributed by atoms with E-state index in [9.17, 15) is 4.39 Å². The number of hydrogen-bond acceptors (Lipinski definition) is 3. The summed E-state index contributed by atoms with van der Waals surface area (Å²) in [5.74, 6) is 2.61. The van der Waals surface area contributed by atoms with Crippen molar-refractivity contribution in [3.63, 3.8) is 0 Å². The van der Waals surface area contributed by atoms with Crippen molar-refractivity contribution < 1.29 is 4.39 Å². The van der Waals surface area contributed by atoms with Crippen LogP contribution in [-0.4, -0.2) is 18.1 Å². The Hall–Kier alpha value is -0.610. The lowest BCUT2D eigenvalue weighted by Gasteiger charge is -2.13. The first-order chi connectivity index (χ1) is 7.66. The van der Waals surface area contributed by atoms with Gasteiger partial charge in [0.1, 0.15) is 5.82 Å². The zero-order valence-electron chi connectivity index (χ0n) is 8.80. The lowest BCUT2D eigenvalue weighted by molar-refractivity contribution is 0.626. The molecule has 1 fully saturated rings. The molecule has 1 saturated heterocycles. The summed E-state index contributed by atoms with van der Waals surface area (Å²) in [7, 11) is 0. The van der Waals surface area contributed by atoms with E-state index in [0.717, 1.165) is 12.2 Å². The highest BCUT2D eigenvalue weighted by Crippen LogP contribution is 2.28. The first-order valence-electron chi connectivity index (χ1n) is 5.23. The molecule has 0 saturated carbocycles. The van der Waals surface area contributed by atoms with E-state index >= 15 is 0 Å². The highest BCUT2D eigenvalue weighted by Gasteiger charge is 2.15. The number of nitrogen functional groups attached to an aromatic ring is 1. The van der Waals surface area contributed by atoms with E-state index in [1.54, 1.807) is 6.07 Å². The van der Waals surface area contributed by atoms with E-state index in [1.807, 2.05) is 11.8 Å². The smallest absolute Gasteiger partial charge is 0.143 e. The van der Waals surface area contributed by atoms with Crippen molar-refractivity contribution in [3.8, 4) is 0 Å². The van der Waals surface area contributed by atoms with Crippen LogP contribution in [0, 0.1) is 11.7 Å². The van der Waals surface area contributed by atoms with Gasteiger partial charge in [0.25, 0.3) is 0 Å². The number of halogens is 2. The third kappa shape index (κ3) is 2.74. The van der Waals surface area contributed by atoms with Crippen molar-refractivity contribution in [1.82, 2.24) is 0 Å². The standard InChI is InChI=1S/C11H14ClFN2S/c12-8-3-11(10(14)4-9(8)13)15-5-7-1-2-16-6-7/h3-4,7,15H,1-2,5-6,14H2. The Morgan fingerprint density at radius 1 is 1.56 bits per heavy atom. The second kappa shape index (κ2) is 5.15. The van der Waals surface area contributed by atoms with Crippen LogP contribution in [0.4, 0.5) is 15.8 Å². The average Bonchev–Trinajstić information content (AvgIpc) is 2.74. The Kier molecular flexibility index (Phi) is 3.82. The number of rotatable bonds is 3. The second-order valence-electron chi connectivity index (χ2n) is 3.96. The minimum atomic E-state index is -0.471. The van der Waals surface area contributed by atoms with Crippen LogP contribution >= 0.6 is 23.4 Å². The molecule has 1 aromatic carbocycles. The molecule has 1 atom stereocenters. The van der Waals surface area contributed by atoms with Crippen LogP contribution in [0.5, 0.6) is 0 Å². The van der Waals surface area contributed by atoms with Crippen molar-refractivity contribution in [2.24, 2.45) is 5.92 Å². The summed E-state index contributed by atoms with van der Waals surface area (Å²) in [4.78, 5) is 0. The highest BCUT2D eigenvalue weighted by atomic mass is 35.5. The summed E-state index contributed by atoms with van der Waals surface area (Å²) in [5.41, 5.74) is 6.84. The van der Waals surface area contributed by atoms with Gasteiger partial charge in [-0.25, -0.2) is 4.39 Å². The van der Waals surface area contributed by atoms with Crippen LogP contribution in [-0.2, 0) is 0 Å². The quantitative estimate of drug-likeness (QED) is 0.820. The summed E-state index contributed by atoms with van der Waals surface area (Å²) in [6.07, 6.45) is 1.23. The van der Waals surface area contributed by atoms with E-state index in [2.05, 4.69) is 5.32 Å². The van der Waals surface area contributed by atoms with Crippen molar-refractivity contribution in [3.05, 3.63) is 23.0 Å². The fourth-order valence-corrected chi connectivity index (χ4v) is 3.16. The molecule has 0 amide bonds. The van der Waals surface area contributed by atoms with Crippen LogP contribution < -0.4 is 11.1 Å². The molecule has 1 aromatic rings. The Morgan fingerprint density at radius 2 is 2.38 bits per heavy atom. The average molecular weight is 261 g/mol. The van der Waals surface area contributed by atoms with Gasteiger partial charge >= 0.3 is 0 Å². The monoisotopic (exact) mass is 260 g/mol. The second-order valence-corrected chi connectivity index (χ2v) is 5.52. The molecule has 1 aliphatic heterocycles. The molecule has 2 rings (SSSR count). The number of nitrogens with one attached hydrogen (secondary N) is 1. The molecule has 0 aromatic heterocycles. The van der Waals surface area contributed by atoms with E-state index in [-0.39, 0.29) is 5.02 Å². The summed E-state index contributed by atoms with van der Waals surface area (Å²) in [6, 6.07) is 2.81. The fourth-order valence-electron chi connectivity index (χ4n) is 1.71. The molecule has 1 heterocycles. The van der Waals surface area contributed by atoms with Gasteiger partial charge in [-0.2, -0.15) is 11.8 Å². The minimum absolute atomic E-state index is 0.109. The number of anilines is 2. The lowest BCUT2D eigenvalue weighted by atomic mass is 10.1. The molecule has 2 nitrogen and oxygen atoms in total. The largest absolute Gasteiger partial charge is 0.397 e. The summed E-state index contributed by atoms with van der Waals surface area (Å²) in [6.45, 7) is 0.874. The van der Waals surface area contributed by atoms with E-state index in [4.69, 9.17) is 17.3 Å². The Labute approximate surface area is 104 Å². The highest BCUT2D eigenvalue weighted by molar-refractivity contribution is 7.99. The molecule has 1 unspecified atom stereocenters. The molecular weight excluding hydrogens is 247 g/mol. The molecular formula is C11H14ClFN2S. The van der Waals surface area contributed by atoms with Gasteiger partial charge < -0.3 is 11.1 Å². The summed E-state index contributed by atoms with van der Waals surface area (Å²) < 4.78 is 13.1. The zero-order valence-corrected chi connectivity index (χ0v) is 10.4. The lowest BCUT2D eigenvalue weighted by Crippen LogP contribution is -2.14. The van der Waals surface area contributed by atoms with Crippen LogP contribution in [0.15, 0.2) is 12.1 Å².